The smallest absolute Gasteiger partial charge is 0.263 e. The summed E-state index contributed by atoms with van der Waals surface area (Å²) in [7, 11) is 1.62. The van der Waals surface area contributed by atoms with Crippen LogP contribution >= 0.6 is 0 Å². The number of imide groups is 1. The molecule has 7 heteroatoms. The quantitative estimate of drug-likeness (QED) is 0.352. The van der Waals surface area contributed by atoms with Crippen molar-refractivity contribution in [1.29, 1.82) is 0 Å². The Bertz CT molecular complexity index is 1450. The molecule has 3 aliphatic heterocycles. The number of hydrogen-bond acceptors (Lipinski definition) is 5. The standard InChI is InChI=1S/C35H39N3O4/c1-42-31-15-6-5-11-27(31)19-24-38-34(40)29-13-7-14-30(32(29)35(38)41)36-21-17-28(18-22-36)33(39)37-20-8-12-26(16-23-37)25-9-3-2-4-10-25/h2-7,9-11,13-15,26,28H,8,12,16-24H2,1H3. The Morgan fingerprint density at radius 1 is 0.810 bits per heavy atom. The summed E-state index contributed by atoms with van der Waals surface area (Å²) in [6.45, 7) is 3.32. The SMILES string of the molecule is COc1ccccc1CCN1C(=O)c2cccc(N3CCC(C(=O)N4CCCC(c5ccccc5)CC4)CC3)c2C1=O. The van der Waals surface area contributed by atoms with E-state index >= 15 is 0 Å². The number of hydrogen-bond donors (Lipinski definition) is 0. The summed E-state index contributed by atoms with van der Waals surface area (Å²) < 4.78 is 5.45. The highest BCUT2D eigenvalue weighted by atomic mass is 16.5. The van der Waals surface area contributed by atoms with Crippen molar-refractivity contribution in [3.63, 3.8) is 0 Å². The van der Waals surface area contributed by atoms with Crippen molar-refractivity contribution < 1.29 is 19.1 Å². The summed E-state index contributed by atoms with van der Waals surface area (Å²) in [6, 6.07) is 23.9. The molecule has 7 nitrogen and oxygen atoms in total. The average Bonchev–Trinajstić information content (AvgIpc) is 3.18. The van der Waals surface area contributed by atoms with E-state index in [4.69, 9.17) is 4.74 Å². The van der Waals surface area contributed by atoms with E-state index in [9.17, 15) is 14.4 Å². The Balaban J connectivity index is 1.08. The molecule has 3 aromatic carbocycles. The molecular weight excluding hydrogens is 526 g/mol. The van der Waals surface area contributed by atoms with E-state index in [1.165, 1.54) is 10.5 Å². The van der Waals surface area contributed by atoms with Crippen LogP contribution in [0.25, 0.3) is 0 Å². The highest BCUT2D eigenvalue weighted by Crippen LogP contribution is 2.35. The van der Waals surface area contributed by atoms with Crippen LogP contribution in [0.15, 0.2) is 72.8 Å². The number of benzene rings is 3. The van der Waals surface area contributed by atoms with Gasteiger partial charge in [0.25, 0.3) is 11.8 Å². The van der Waals surface area contributed by atoms with Gasteiger partial charge in [0.2, 0.25) is 5.91 Å². The van der Waals surface area contributed by atoms with Gasteiger partial charge in [0.15, 0.2) is 0 Å². The highest BCUT2D eigenvalue weighted by Gasteiger charge is 2.39. The van der Waals surface area contributed by atoms with E-state index in [-0.39, 0.29) is 23.6 Å². The van der Waals surface area contributed by atoms with Crippen molar-refractivity contribution in [3.8, 4) is 5.75 Å². The zero-order chi connectivity index (χ0) is 29.1. The first-order chi connectivity index (χ1) is 20.5. The zero-order valence-corrected chi connectivity index (χ0v) is 24.3. The fourth-order valence-corrected chi connectivity index (χ4v) is 6.92. The largest absolute Gasteiger partial charge is 0.496 e. The van der Waals surface area contributed by atoms with Crippen molar-refractivity contribution in [3.05, 3.63) is 95.1 Å². The van der Waals surface area contributed by atoms with E-state index in [0.29, 0.717) is 43.1 Å². The second kappa shape index (κ2) is 12.4. The molecule has 42 heavy (non-hydrogen) atoms. The minimum absolute atomic E-state index is 0.000899. The molecule has 0 saturated carbocycles. The summed E-state index contributed by atoms with van der Waals surface area (Å²) in [5, 5.41) is 0. The highest BCUT2D eigenvalue weighted by molar-refractivity contribution is 6.23. The second-order valence-corrected chi connectivity index (χ2v) is 11.6. The average molecular weight is 566 g/mol. The summed E-state index contributed by atoms with van der Waals surface area (Å²) in [5.74, 6) is 1.06. The van der Waals surface area contributed by atoms with E-state index < -0.39 is 0 Å². The predicted molar refractivity (Wildman–Crippen MR) is 163 cm³/mol. The van der Waals surface area contributed by atoms with Gasteiger partial charge < -0.3 is 14.5 Å². The second-order valence-electron chi connectivity index (χ2n) is 11.6. The molecule has 0 radical (unpaired) electrons. The molecule has 1 atom stereocenters. The van der Waals surface area contributed by atoms with Crippen molar-refractivity contribution in [2.45, 2.75) is 44.4 Å². The molecule has 3 aliphatic rings. The normalized spacial score (nSPS) is 19.5. The fraction of sp³-hybridized carbons (Fsp3) is 0.400. The van der Waals surface area contributed by atoms with Gasteiger partial charge in [0, 0.05) is 38.6 Å². The Kier molecular flexibility index (Phi) is 8.27. The molecule has 2 saturated heterocycles. The van der Waals surface area contributed by atoms with Crippen LogP contribution in [0.4, 0.5) is 5.69 Å². The first-order valence-corrected chi connectivity index (χ1v) is 15.2. The third-order valence-electron chi connectivity index (χ3n) is 9.27. The minimum Gasteiger partial charge on any atom is -0.496 e. The molecule has 218 valence electrons. The molecule has 6 rings (SSSR count). The van der Waals surface area contributed by atoms with E-state index in [0.717, 1.165) is 62.2 Å². The van der Waals surface area contributed by atoms with Gasteiger partial charge in [-0.05, 0) is 73.8 Å². The van der Waals surface area contributed by atoms with Crippen LogP contribution in [0.1, 0.15) is 69.9 Å². The van der Waals surface area contributed by atoms with Crippen LogP contribution in [0.3, 0.4) is 0 Å². The maximum atomic E-state index is 13.6. The van der Waals surface area contributed by atoms with Gasteiger partial charge in [0.1, 0.15) is 5.75 Å². The van der Waals surface area contributed by atoms with Crippen LogP contribution in [-0.2, 0) is 11.2 Å². The van der Waals surface area contributed by atoms with E-state index in [1.807, 2.05) is 36.4 Å². The lowest BCUT2D eigenvalue weighted by atomic mass is 9.92. The lowest BCUT2D eigenvalue weighted by molar-refractivity contribution is -0.136. The number of anilines is 1. The van der Waals surface area contributed by atoms with Crippen LogP contribution in [-0.4, -0.2) is 67.4 Å². The van der Waals surface area contributed by atoms with Crippen LogP contribution < -0.4 is 9.64 Å². The first kappa shape index (κ1) is 28.0. The molecule has 0 N–H and O–H groups in total. The number of carbonyl (C=O) groups excluding carboxylic acids is 3. The molecule has 0 spiro atoms. The lowest BCUT2D eigenvalue weighted by Gasteiger charge is -2.36. The predicted octanol–water partition coefficient (Wildman–Crippen LogP) is 5.55. The molecule has 0 aliphatic carbocycles. The number of nitrogens with zero attached hydrogens (tertiary/aromatic N) is 3. The Hall–Kier alpha value is -4.13. The van der Waals surface area contributed by atoms with Crippen LogP contribution in [0, 0.1) is 5.92 Å². The van der Waals surface area contributed by atoms with E-state index in [2.05, 4.69) is 40.1 Å². The van der Waals surface area contributed by atoms with Gasteiger partial charge in [0.05, 0.1) is 23.9 Å². The molecule has 0 aromatic heterocycles. The van der Waals surface area contributed by atoms with Gasteiger partial charge in [-0.2, -0.15) is 0 Å². The van der Waals surface area contributed by atoms with Gasteiger partial charge in [-0.25, -0.2) is 0 Å². The zero-order valence-electron chi connectivity index (χ0n) is 24.3. The Morgan fingerprint density at radius 3 is 2.36 bits per heavy atom. The topological polar surface area (TPSA) is 70.2 Å². The first-order valence-electron chi connectivity index (χ1n) is 15.2. The number of ether oxygens (including phenoxy) is 1. The van der Waals surface area contributed by atoms with Crippen LogP contribution in [0.5, 0.6) is 5.75 Å². The molecular formula is C35H39N3O4. The summed E-state index contributed by atoms with van der Waals surface area (Å²) in [4.78, 5) is 46.0. The number of fused-ring (bicyclic) bond motifs is 1. The summed E-state index contributed by atoms with van der Waals surface area (Å²) in [5.41, 5.74) is 4.10. The van der Waals surface area contributed by atoms with Gasteiger partial charge in [-0.1, -0.05) is 54.6 Å². The lowest BCUT2D eigenvalue weighted by Crippen LogP contribution is -2.43. The number of para-hydroxylation sites is 1. The summed E-state index contributed by atoms with van der Waals surface area (Å²) in [6.07, 6.45) is 5.19. The molecule has 3 heterocycles. The maximum absolute atomic E-state index is 13.6. The van der Waals surface area contributed by atoms with Crippen LogP contribution in [0.2, 0.25) is 0 Å². The number of piperidine rings is 1. The summed E-state index contributed by atoms with van der Waals surface area (Å²) >= 11 is 0. The van der Waals surface area contributed by atoms with Crippen molar-refractivity contribution >= 4 is 23.4 Å². The number of rotatable bonds is 7. The number of methoxy groups -OCH3 is 1. The number of carbonyl (C=O) groups is 3. The minimum atomic E-state index is -0.244. The third-order valence-corrected chi connectivity index (χ3v) is 9.27. The number of amides is 3. The third kappa shape index (κ3) is 5.52. The Labute approximate surface area is 248 Å². The number of likely N-dealkylation sites (tertiary alicyclic amines) is 1. The van der Waals surface area contributed by atoms with Crippen molar-refractivity contribution in [2.75, 3.05) is 44.7 Å². The van der Waals surface area contributed by atoms with E-state index in [1.54, 1.807) is 13.2 Å². The monoisotopic (exact) mass is 565 g/mol. The fourth-order valence-electron chi connectivity index (χ4n) is 6.92. The Morgan fingerprint density at radius 2 is 1.57 bits per heavy atom. The molecule has 3 amide bonds. The molecule has 3 aromatic rings. The van der Waals surface area contributed by atoms with Gasteiger partial charge >= 0.3 is 0 Å². The van der Waals surface area contributed by atoms with Gasteiger partial charge in [-0.15, -0.1) is 0 Å². The van der Waals surface area contributed by atoms with Crippen molar-refractivity contribution in [2.24, 2.45) is 5.92 Å². The molecule has 0 bridgehead atoms. The molecule has 1 unspecified atom stereocenters. The van der Waals surface area contributed by atoms with Gasteiger partial charge in [-0.3, -0.25) is 19.3 Å². The maximum Gasteiger partial charge on any atom is 0.263 e. The molecule has 2 fully saturated rings. The van der Waals surface area contributed by atoms with Crippen molar-refractivity contribution in [1.82, 2.24) is 9.80 Å².